The maximum absolute atomic E-state index is 11.7. The molecule has 0 amide bonds. The van der Waals surface area contributed by atoms with Crippen LogP contribution in [0.3, 0.4) is 0 Å². The van der Waals surface area contributed by atoms with Crippen molar-refractivity contribution >= 4 is 23.5 Å². The Morgan fingerprint density at radius 1 is 1.39 bits per heavy atom. The van der Waals surface area contributed by atoms with Crippen LogP contribution in [-0.4, -0.2) is 17.5 Å². The van der Waals surface area contributed by atoms with Crippen molar-refractivity contribution in [1.29, 1.82) is 0 Å². The lowest BCUT2D eigenvalue weighted by atomic mass is 9.81. The lowest BCUT2D eigenvalue weighted by Gasteiger charge is -2.32. The highest BCUT2D eigenvalue weighted by Gasteiger charge is 2.28. The van der Waals surface area contributed by atoms with Crippen LogP contribution in [0.4, 0.5) is 0 Å². The van der Waals surface area contributed by atoms with Gasteiger partial charge < -0.3 is 9.90 Å². The second-order valence-corrected chi connectivity index (χ2v) is 6.30. The van der Waals surface area contributed by atoms with E-state index < -0.39 is 12.4 Å². The number of carbonyl (C=O) groups excluding carboxylic acids is 2. The number of carbonyl (C=O) groups is 2. The van der Waals surface area contributed by atoms with Gasteiger partial charge in [-0.2, -0.15) is 0 Å². The fourth-order valence-corrected chi connectivity index (χ4v) is 3.63. The molecular formula is C14H15O3S-. The molecule has 4 heteroatoms. The summed E-state index contributed by atoms with van der Waals surface area (Å²) in [6.07, 6.45) is 0.509. The Balaban J connectivity index is 2.37. The number of carboxylic acid groups (broad SMARTS) is 1. The van der Waals surface area contributed by atoms with Crippen LogP contribution in [0.15, 0.2) is 23.1 Å². The standard InChI is InChI=1S/C14H16O3S/c1-14(2)5-6-18-12-4-3-9(7-10(12)14)11(15)8-13(16)17/h3-4,7H,5-6,8H2,1-2H3,(H,16,17)/p-1. The number of thioether (sulfide) groups is 1. The maximum atomic E-state index is 11.7. The molecule has 96 valence electrons. The van der Waals surface area contributed by atoms with Crippen LogP contribution >= 0.6 is 11.8 Å². The molecule has 0 N–H and O–H groups in total. The summed E-state index contributed by atoms with van der Waals surface area (Å²) in [5.41, 5.74) is 1.65. The van der Waals surface area contributed by atoms with Gasteiger partial charge in [-0.1, -0.05) is 19.9 Å². The average molecular weight is 263 g/mol. The molecule has 0 spiro atoms. The summed E-state index contributed by atoms with van der Waals surface area (Å²) in [5, 5.41) is 10.5. The number of fused-ring (bicyclic) bond motifs is 1. The van der Waals surface area contributed by atoms with Crippen LogP contribution in [0.1, 0.15) is 42.6 Å². The second kappa shape index (κ2) is 4.76. The van der Waals surface area contributed by atoms with E-state index in [2.05, 4.69) is 13.8 Å². The van der Waals surface area contributed by atoms with Gasteiger partial charge in [0.05, 0.1) is 6.42 Å². The van der Waals surface area contributed by atoms with Crippen molar-refractivity contribution < 1.29 is 14.7 Å². The highest BCUT2D eigenvalue weighted by molar-refractivity contribution is 7.99. The predicted octanol–water partition coefficient (Wildman–Crippen LogP) is 1.78. The summed E-state index contributed by atoms with van der Waals surface area (Å²) < 4.78 is 0. The van der Waals surface area contributed by atoms with Gasteiger partial charge in [0, 0.05) is 16.4 Å². The summed E-state index contributed by atoms with van der Waals surface area (Å²) in [4.78, 5) is 23.4. The minimum absolute atomic E-state index is 0.0400. The Kier molecular flexibility index (Phi) is 3.48. The highest BCUT2D eigenvalue weighted by Crippen LogP contribution is 2.41. The zero-order chi connectivity index (χ0) is 13.3. The lowest BCUT2D eigenvalue weighted by Crippen LogP contribution is -2.26. The number of hydrogen-bond donors (Lipinski definition) is 0. The molecule has 0 fully saturated rings. The van der Waals surface area contributed by atoms with Gasteiger partial charge in [0.15, 0.2) is 5.78 Å². The molecule has 1 heterocycles. The summed E-state index contributed by atoms with van der Waals surface area (Å²) >= 11 is 1.79. The van der Waals surface area contributed by atoms with Crippen molar-refractivity contribution in [2.24, 2.45) is 0 Å². The monoisotopic (exact) mass is 263 g/mol. The van der Waals surface area contributed by atoms with Crippen LogP contribution in [0.2, 0.25) is 0 Å². The van der Waals surface area contributed by atoms with Crippen molar-refractivity contribution in [2.75, 3.05) is 5.75 Å². The van der Waals surface area contributed by atoms with Crippen LogP contribution in [0, 0.1) is 0 Å². The third-order valence-corrected chi connectivity index (χ3v) is 4.40. The average Bonchev–Trinajstić information content (AvgIpc) is 2.27. The van der Waals surface area contributed by atoms with E-state index in [4.69, 9.17) is 0 Å². The quantitative estimate of drug-likeness (QED) is 0.616. The molecule has 0 aliphatic carbocycles. The number of benzene rings is 1. The van der Waals surface area contributed by atoms with Gasteiger partial charge >= 0.3 is 0 Å². The fourth-order valence-electron chi connectivity index (χ4n) is 2.14. The van der Waals surface area contributed by atoms with Crippen LogP contribution in [0.5, 0.6) is 0 Å². The summed E-state index contributed by atoms with van der Waals surface area (Å²) in [7, 11) is 0. The predicted molar refractivity (Wildman–Crippen MR) is 68.8 cm³/mol. The molecule has 1 aromatic rings. The first-order valence-electron chi connectivity index (χ1n) is 5.90. The second-order valence-electron chi connectivity index (χ2n) is 5.17. The van der Waals surface area contributed by atoms with Gasteiger partial charge in [0.2, 0.25) is 0 Å². The first-order chi connectivity index (χ1) is 8.40. The molecule has 2 rings (SSSR count). The third-order valence-electron chi connectivity index (χ3n) is 3.32. The molecule has 0 radical (unpaired) electrons. The molecule has 0 saturated heterocycles. The number of hydrogen-bond acceptors (Lipinski definition) is 4. The SMILES string of the molecule is CC1(C)CCSc2ccc(C(=O)CC(=O)[O-])cc21. The van der Waals surface area contributed by atoms with Gasteiger partial charge in [-0.05, 0) is 35.3 Å². The van der Waals surface area contributed by atoms with Crippen molar-refractivity contribution in [3.05, 3.63) is 29.3 Å². The minimum atomic E-state index is -1.33. The molecule has 0 saturated carbocycles. The number of rotatable bonds is 3. The number of Topliss-reactive ketones (excluding diaryl/α,β-unsaturated/α-hetero) is 1. The van der Waals surface area contributed by atoms with E-state index >= 15 is 0 Å². The third kappa shape index (κ3) is 2.58. The smallest absolute Gasteiger partial charge is 0.168 e. The van der Waals surface area contributed by atoms with Gasteiger partial charge in [-0.15, -0.1) is 11.8 Å². The summed E-state index contributed by atoms with van der Waals surface area (Å²) in [6, 6.07) is 5.47. The first-order valence-corrected chi connectivity index (χ1v) is 6.89. The molecule has 0 atom stereocenters. The molecule has 0 aromatic heterocycles. The van der Waals surface area contributed by atoms with Gasteiger partial charge in [-0.25, -0.2) is 0 Å². The van der Waals surface area contributed by atoms with E-state index in [0.717, 1.165) is 17.7 Å². The number of carboxylic acids is 1. The Labute approximate surface area is 111 Å². The first kappa shape index (κ1) is 13.1. The number of aliphatic carboxylic acids is 1. The van der Waals surface area contributed by atoms with Gasteiger partial charge in [0.1, 0.15) is 0 Å². The zero-order valence-corrected chi connectivity index (χ0v) is 11.3. The van der Waals surface area contributed by atoms with E-state index in [0.29, 0.717) is 5.56 Å². The van der Waals surface area contributed by atoms with E-state index in [1.54, 1.807) is 17.8 Å². The molecule has 1 aromatic carbocycles. The molecule has 0 bridgehead atoms. The van der Waals surface area contributed by atoms with Crippen molar-refractivity contribution in [3.8, 4) is 0 Å². The fraction of sp³-hybridized carbons (Fsp3) is 0.429. The molecule has 18 heavy (non-hydrogen) atoms. The largest absolute Gasteiger partial charge is 0.550 e. The van der Waals surface area contributed by atoms with E-state index in [1.165, 1.54) is 4.90 Å². The van der Waals surface area contributed by atoms with Gasteiger partial charge in [0.25, 0.3) is 0 Å². The van der Waals surface area contributed by atoms with Crippen molar-refractivity contribution in [1.82, 2.24) is 0 Å². The van der Waals surface area contributed by atoms with Crippen molar-refractivity contribution in [3.63, 3.8) is 0 Å². The van der Waals surface area contributed by atoms with E-state index in [9.17, 15) is 14.7 Å². The Morgan fingerprint density at radius 2 is 2.11 bits per heavy atom. The Hall–Kier alpha value is -1.29. The Bertz CT molecular complexity index is 506. The molecule has 3 nitrogen and oxygen atoms in total. The molecule has 0 unspecified atom stereocenters. The molecule has 1 aliphatic heterocycles. The van der Waals surface area contributed by atoms with Crippen LogP contribution < -0.4 is 5.11 Å². The highest BCUT2D eigenvalue weighted by atomic mass is 32.2. The normalized spacial score (nSPS) is 17.0. The Morgan fingerprint density at radius 3 is 2.78 bits per heavy atom. The van der Waals surface area contributed by atoms with Crippen LogP contribution in [-0.2, 0) is 10.2 Å². The molecule has 1 aliphatic rings. The van der Waals surface area contributed by atoms with E-state index in [1.807, 2.05) is 12.1 Å². The summed E-state index contributed by atoms with van der Waals surface area (Å²) in [5.74, 6) is -0.637. The molecular weight excluding hydrogens is 248 g/mol. The minimum Gasteiger partial charge on any atom is -0.550 e. The van der Waals surface area contributed by atoms with E-state index in [-0.39, 0.29) is 11.2 Å². The zero-order valence-electron chi connectivity index (χ0n) is 10.5. The number of ketones is 1. The van der Waals surface area contributed by atoms with Crippen LogP contribution in [0.25, 0.3) is 0 Å². The summed E-state index contributed by atoms with van der Waals surface area (Å²) in [6.45, 7) is 4.30. The van der Waals surface area contributed by atoms with Gasteiger partial charge in [-0.3, -0.25) is 4.79 Å². The maximum Gasteiger partial charge on any atom is 0.168 e. The van der Waals surface area contributed by atoms with Crippen molar-refractivity contribution in [2.45, 2.75) is 37.0 Å². The lowest BCUT2D eigenvalue weighted by molar-refractivity contribution is -0.304. The topological polar surface area (TPSA) is 57.2 Å².